The molecule has 1 N–H and O–H groups in total. The molecule has 150 valence electrons. The second kappa shape index (κ2) is 9.82. The highest BCUT2D eigenvalue weighted by atomic mass is 35.5. The lowest BCUT2D eigenvalue weighted by atomic mass is 10.1. The summed E-state index contributed by atoms with van der Waals surface area (Å²) >= 11 is 0. The molecule has 1 aliphatic rings. The third-order valence-corrected chi connectivity index (χ3v) is 4.55. The van der Waals surface area contributed by atoms with Crippen LogP contribution in [0.4, 0.5) is 0 Å². The minimum atomic E-state index is -0.402. The Kier molecular flexibility index (Phi) is 7.75. The van der Waals surface area contributed by atoms with Gasteiger partial charge in [-0.2, -0.15) is 0 Å². The maximum atomic E-state index is 12.7. The number of hydrogen-bond acceptors (Lipinski definition) is 5. The van der Waals surface area contributed by atoms with Crippen LogP contribution in [0.15, 0.2) is 52.9 Å². The quantitative estimate of drug-likeness (QED) is 0.471. The summed E-state index contributed by atoms with van der Waals surface area (Å²) in [6, 6.07) is 14.7. The van der Waals surface area contributed by atoms with Crippen molar-refractivity contribution in [2.75, 3.05) is 13.1 Å². The summed E-state index contributed by atoms with van der Waals surface area (Å²) in [5.41, 5.74) is 1.20. The summed E-state index contributed by atoms with van der Waals surface area (Å²) in [6.45, 7) is 3.81. The second-order valence-electron chi connectivity index (χ2n) is 6.34. The monoisotopic (exact) mass is 423 g/mol. The van der Waals surface area contributed by atoms with E-state index in [4.69, 9.17) is 13.9 Å². The van der Waals surface area contributed by atoms with E-state index >= 15 is 0 Å². The Hall–Kier alpha value is -2.21. The van der Waals surface area contributed by atoms with E-state index in [9.17, 15) is 4.79 Å². The molecule has 1 atom stereocenters. The van der Waals surface area contributed by atoms with Gasteiger partial charge in [-0.1, -0.05) is 25.1 Å². The third-order valence-electron chi connectivity index (χ3n) is 4.55. The van der Waals surface area contributed by atoms with Gasteiger partial charge >= 0.3 is 5.97 Å². The maximum Gasteiger partial charge on any atom is 0.347 e. The van der Waals surface area contributed by atoms with Crippen LogP contribution in [0.2, 0.25) is 0 Å². The van der Waals surface area contributed by atoms with Gasteiger partial charge in [-0.25, -0.2) is 4.79 Å². The van der Waals surface area contributed by atoms with Gasteiger partial charge in [0.15, 0.2) is 0 Å². The largest absolute Gasteiger partial charge is 0.489 e. The van der Waals surface area contributed by atoms with E-state index in [1.165, 1.54) is 0 Å². The minimum Gasteiger partial charge on any atom is -0.489 e. The standard InChI is InChI=1S/C21H21NO4.2ClH/c1-2-18-20(17-5-3-4-6-19(17)26-18)21(23)25-15-9-7-14(8-10-15)24-16-11-12-22-13-16;;/h3-10,16,22H,2,11-13H2,1H3;2*1H/t16-;;/m0../s1. The van der Waals surface area contributed by atoms with Gasteiger partial charge in [0.05, 0.1) is 0 Å². The van der Waals surface area contributed by atoms with Crippen LogP contribution in [-0.2, 0) is 6.42 Å². The number of nitrogens with one attached hydrogen (secondary N) is 1. The molecule has 5 nitrogen and oxygen atoms in total. The van der Waals surface area contributed by atoms with Gasteiger partial charge in [0.2, 0.25) is 0 Å². The molecule has 28 heavy (non-hydrogen) atoms. The first-order valence-corrected chi connectivity index (χ1v) is 8.94. The molecule has 0 spiro atoms. The van der Waals surface area contributed by atoms with Crippen molar-refractivity contribution in [1.29, 1.82) is 0 Å². The van der Waals surface area contributed by atoms with Crippen molar-refractivity contribution in [3.8, 4) is 11.5 Å². The average molecular weight is 424 g/mol. The fourth-order valence-corrected chi connectivity index (χ4v) is 3.23. The fourth-order valence-electron chi connectivity index (χ4n) is 3.23. The zero-order valence-electron chi connectivity index (χ0n) is 15.5. The van der Waals surface area contributed by atoms with Crippen LogP contribution in [0, 0.1) is 0 Å². The summed E-state index contributed by atoms with van der Waals surface area (Å²) in [5.74, 6) is 1.51. The van der Waals surface area contributed by atoms with Crippen LogP contribution in [0.25, 0.3) is 11.0 Å². The number of hydrogen-bond donors (Lipinski definition) is 1. The highest BCUT2D eigenvalue weighted by Crippen LogP contribution is 2.28. The number of esters is 1. The molecule has 0 aliphatic carbocycles. The number of para-hydroxylation sites is 1. The number of carbonyl (C=O) groups is 1. The van der Waals surface area contributed by atoms with Crippen LogP contribution in [0.5, 0.6) is 11.5 Å². The Morgan fingerprint density at radius 2 is 1.82 bits per heavy atom. The summed E-state index contributed by atoms with van der Waals surface area (Å²) in [7, 11) is 0. The van der Waals surface area contributed by atoms with E-state index in [2.05, 4.69) is 5.32 Å². The molecule has 0 bridgehead atoms. The van der Waals surface area contributed by atoms with E-state index < -0.39 is 5.97 Å². The van der Waals surface area contributed by atoms with E-state index in [1.807, 2.05) is 43.3 Å². The van der Waals surface area contributed by atoms with Crippen molar-refractivity contribution in [3.05, 3.63) is 59.9 Å². The topological polar surface area (TPSA) is 60.7 Å². The van der Waals surface area contributed by atoms with Gasteiger partial charge in [0, 0.05) is 18.4 Å². The van der Waals surface area contributed by atoms with E-state index in [0.29, 0.717) is 29.1 Å². The number of fused-ring (bicyclic) bond motifs is 1. The van der Waals surface area contributed by atoms with Crippen LogP contribution in [-0.4, -0.2) is 25.2 Å². The minimum absolute atomic E-state index is 0. The van der Waals surface area contributed by atoms with Crippen molar-refractivity contribution in [2.24, 2.45) is 0 Å². The molecule has 2 heterocycles. The van der Waals surface area contributed by atoms with E-state index in [-0.39, 0.29) is 30.9 Å². The molecule has 2 aromatic carbocycles. The zero-order valence-corrected chi connectivity index (χ0v) is 17.1. The Labute approximate surface area is 176 Å². The number of aryl methyl sites for hydroxylation is 1. The molecule has 1 fully saturated rings. The van der Waals surface area contributed by atoms with Crippen LogP contribution in [0.1, 0.15) is 29.5 Å². The Morgan fingerprint density at radius 3 is 2.50 bits per heavy atom. The molecule has 0 unspecified atom stereocenters. The van der Waals surface area contributed by atoms with Crippen molar-refractivity contribution >= 4 is 41.8 Å². The molecule has 1 saturated heterocycles. The third kappa shape index (κ3) is 4.61. The van der Waals surface area contributed by atoms with Crippen LogP contribution >= 0.6 is 24.8 Å². The first-order valence-electron chi connectivity index (χ1n) is 8.94. The Balaban J connectivity index is 0.00000140. The second-order valence-corrected chi connectivity index (χ2v) is 6.34. The first-order chi connectivity index (χ1) is 12.7. The highest BCUT2D eigenvalue weighted by molar-refractivity contribution is 6.05. The average Bonchev–Trinajstić information content (AvgIpc) is 3.30. The molecular formula is C21H23Cl2NO4. The van der Waals surface area contributed by atoms with Crippen molar-refractivity contribution in [2.45, 2.75) is 25.9 Å². The predicted molar refractivity (Wildman–Crippen MR) is 113 cm³/mol. The van der Waals surface area contributed by atoms with E-state index in [0.717, 1.165) is 30.6 Å². The van der Waals surface area contributed by atoms with Crippen LogP contribution in [0.3, 0.4) is 0 Å². The Bertz CT molecular complexity index is 918. The van der Waals surface area contributed by atoms with Gasteiger partial charge < -0.3 is 19.2 Å². The molecule has 4 rings (SSSR count). The number of benzene rings is 2. The molecule has 0 saturated carbocycles. The Morgan fingerprint density at radius 1 is 1.11 bits per heavy atom. The number of carbonyl (C=O) groups excluding carboxylic acids is 1. The highest BCUT2D eigenvalue weighted by Gasteiger charge is 2.21. The van der Waals surface area contributed by atoms with E-state index in [1.54, 1.807) is 12.1 Å². The number of furan rings is 1. The van der Waals surface area contributed by atoms with Gasteiger partial charge in [-0.05, 0) is 43.3 Å². The molecule has 0 radical (unpaired) electrons. The molecule has 1 aliphatic heterocycles. The fraction of sp³-hybridized carbons (Fsp3) is 0.286. The normalized spacial score (nSPS) is 15.5. The van der Waals surface area contributed by atoms with Crippen LogP contribution < -0.4 is 14.8 Å². The van der Waals surface area contributed by atoms with Gasteiger partial charge in [0.1, 0.15) is 34.5 Å². The predicted octanol–water partition coefficient (Wildman–Crippen LogP) is 4.80. The van der Waals surface area contributed by atoms with Crippen molar-refractivity contribution < 1.29 is 18.7 Å². The van der Waals surface area contributed by atoms with Gasteiger partial charge in [-0.15, -0.1) is 24.8 Å². The molecule has 7 heteroatoms. The maximum absolute atomic E-state index is 12.7. The molecular weight excluding hydrogens is 401 g/mol. The summed E-state index contributed by atoms with van der Waals surface area (Å²) < 4.78 is 17.2. The zero-order chi connectivity index (χ0) is 17.9. The van der Waals surface area contributed by atoms with Gasteiger partial charge in [-0.3, -0.25) is 0 Å². The molecule has 0 amide bonds. The molecule has 3 aromatic rings. The lowest BCUT2D eigenvalue weighted by Crippen LogP contribution is -2.19. The lowest BCUT2D eigenvalue weighted by Gasteiger charge is -2.12. The lowest BCUT2D eigenvalue weighted by molar-refractivity contribution is 0.0734. The van der Waals surface area contributed by atoms with Crippen molar-refractivity contribution in [3.63, 3.8) is 0 Å². The number of halogens is 2. The summed E-state index contributed by atoms with van der Waals surface area (Å²) in [4.78, 5) is 12.7. The summed E-state index contributed by atoms with van der Waals surface area (Å²) in [5, 5.41) is 4.05. The first kappa shape index (κ1) is 22.1. The summed E-state index contributed by atoms with van der Waals surface area (Å²) in [6.07, 6.45) is 1.83. The molecule has 1 aromatic heterocycles. The van der Waals surface area contributed by atoms with Gasteiger partial charge in [0.25, 0.3) is 0 Å². The number of rotatable bonds is 5. The van der Waals surface area contributed by atoms with Crippen molar-refractivity contribution in [1.82, 2.24) is 5.32 Å². The smallest absolute Gasteiger partial charge is 0.347 e. The number of ether oxygens (including phenoxy) is 2. The SMILES string of the molecule is CCc1oc2ccccc2c1C(=O)Oc1ccc(O[C@H]2CCNC2)cc1.Cl.Cl.